The van der Waals surface area contributed by atoms with Gasteiger partial charge in [-0.05, 0) is 43.2 Å². The molecule has 0 saturated heterocycles. The SMILES string of the molecule is CCOc1ccccc1NC(=O)c1cnc(N(C)CCc2ccncc2)nc1. The zero-order valence-corrected chi connectivity index (χ0v) is 16.0. The summed E-state index contributed by atoms with van der Waals surface area (Å²) in [6.45, 7) is 3.18. The van der Waals surface area contributed by atoms with E-state index in [2.05, 4.69) is 20.3 Å². The lowest BCUT2D eigenvalue weighted by Gasteiger charge is -2.17. The van der Waals surface area contributed by atoms with Crippen molar-refractivity contribution in [3.8, 4) is 5.75 Å². The maximum Gasteiger partial charge on any atom is 0.258 e. The minimum atomic E-state index is -0.279. The van der Waals surface area contributed by atoms with Gasteiger partial charge in [-0.2, -0.15) is 0 Å². The Labute approximate surface area is 164 Å². The van der Waals surface area contributed by atoms with Crippen LogP contribution in [0.5, 0.6) is 5.75 Å². The Morgan fingerprint density at radius 1 is 1.11 bits per heavy atom. The maximum atomic E-state index is 12.5. The van der Waals surface area contributed by atoms with Gasteiger partial charge < -0.3 is 15.0 Å². The Bertz CT molecular complexity index is 900. The molecule has 0 aliphatic carbocycles. The standard InChI is InChI=1S/C21H23N5O2/c1-3-28-19-7-5-4-6-18(19)25-20(27)17-14-23-21(24-15-17)26(2)13-10-16-8-11-22-12-9-16/h4-9,11-12,14-15H,3,10,13H2,1-2H3,(H,25,27). The first-order chi connectivity index (χ1) is 13.7. The number of rotatable bonds is 8. The summed E-state index contributed by atoms with van der Waals surface area (Å²) in [4.78, 5) is 27.1. The number of carbonyl (C=O) groups excluding carboxylic acids is 1. The van der Waals surface area contributed by atoms with Crippen molar-refractivity contribution in [3.05, 3.63) is 72.3 Å². The van der Waals surface area contributed by atoms with Crippen LogP contribution in [0.25, 0.3) is 0 Å². The fourth-order valence-corrected chi connectivity index (χ4v) is 2.63. The van der Waals surface area contributed by atoms with Crippen LogP contribution in [0.1, 0.15) is 22.8 Å². The zero-order chi connectivity index (χ0) is 19.8. The van der Waals surface area contributed by atoms with E-state index in [4.69, 9.17) is 4.74 Å². The van der Waals surface area contributed by atoms with Crippen LogP contribution in [0.2, 0.25) is 0 Å². The molecule has 7 nitrogen and oxygen atoms in total. The van der Waals surface area contributed by atoms with E-state index in [1.807, 2.05) is 49.2 Å². The third-order valence-corrected chi connectivity index (χ3v) is 4.16. The van der Waals surface area contributed by atoms with Crippen LogP contribution in [-0.4, -0.2) is 41.1 Å². The summed E-state index contributed by atoms with van der Waals surface area (Å²) in [5.41, 5.74) is 2.20. The molecule has 0 bridgehead atoms. The lowest BCUT2D eigenvalue weighted by molar-refractivity contribution is 0.102. The van der Waals surface area contributed by atoms with Crippen LogP contribution >= 0.6 is 0 Å². The number of nitrogens with zero attached hydrogens (tertiary/aromatic N) is 4. The Morgan fingerprint density at radius 2 is 1.82 bits per heavy atom. The number of pyridine rings is 1. The maximum absolute atomic E-state index is 12.5. The van der Waals surface area contributed by atoms with Crippen LogP contribution in [0.4, 0.5) is 11.6 Å². The number of amides is 1. The molecule has 0 saturated carbocycles. The highest BCUT2D eigenvalue weighted by Crippen LogP contribution is 2.24. The normalized spacial score (nSPS) is 10.4. The topological polar surface area (TPSA) is 80.2 Å². The van der Waals surface area contributed by atoms with Crippen molar-refractivity contribution in [2.75, 3.05) is 30.4 Å². The summed E-state index contributed by atoms with van der Waals surface area (Å²) in [6, 6.07) is 11.3. The molecule has 2 aromatic heterocycles. The van der Waals surface area contributed by atoms with E-state index in [0.717, 1.165) is 13.0 Å². The predicted octanol–water partition coefficient (Wildman–Crippen LogP) is 3.20. The second-order valence-electron chi connectivity index (χ2n) is 6.18. The largest absolute Gasteiger partial charge is 0.492 e. The number of benzene rings is 1. The Morgan fingerprint density at radius 3 is 2.54 bits per heavy atom. The first-order valence-electron chi connectivity index (χ1n) is 9.12. The number of hydrogen-bond donors (Lipinski definition) is 1. The number of ether oxygens (including phenoxy) is 1. The third kappa shape index (κ3) is 5.03. The van der Waals surface area contributed by atoms with Gasteiger partial charge in [0, 0.05) is 38.4 Å². The van der Waals surface area contributed by atoms with Gasteiger partial charge in [0.15, 0.2) is 0 Å². The molecule has 0 aliphatic rings. The Kier molecular flexibility index (Phi) is 6.51. The van der Waals surface area contributed by atoms with E-state index >= 15 is 0 Å². The number of nitrogens with one attached hydrogen (secondary N) is 1. The van der Waals surface area contributed by atoms with Crippen LogP contribution < -0.4 is 15.0 Å². The van der Waals surface area contributed by atoms with E-state index in [1.165, 1.54) is 18.0 Å². The highest BCUT2D eigenvalue weighted by molar-refractivity contribution is 6.04. The van der Waals surface area contributed by atoms with E-state index in [0.29, 0.717) is 29.6 Å². The Hall–Kier alpha value is -3.48. The van der Waals surface area contributed by atoms with Gasteiger partial charge >= 0.3 is 0 Å². The molecule has 1 N–H and O–H groups in total. The van der Waals surface area contributed by atoms with Gasteiger partial charge in [-0.1, -0.05) is 12.1 Å². The molecule has 0 radical (unpaired) electrons. The van der Waals surface area contributed by atoms with Crippen LogP contribution in [-0.2, 0) is 6.42 Å². The molecule has 0 aliphatic heterocycles. The molecule has 0 fully saturated rings. The number of likely N-dealkylation sites (N-methyl/N-ethyl adjacent to an activating group) is 1. The number of hydrogen-bond acceptors (Lipinski definition) is 6. The average Bonchev–Trinajstić information content (AvgIpc) is 2.74. The molecule has 28 heavy (non-hydrogen) atoms. The van der Waals surface area contributed by atoms with Gasteiger partial charge in [-0.15, -0.1) is 0 Å². The molecule has 3 rings (SSSR count). The number of carbonyl (C=O) groups is 1. The van der Waals surface area contributed by atoms with E-state index in [9.17, 15) is 4.79 Å². The molecule has 0 atom stereocenters. The second kappa shape index (κ2) is 9.45. The second-order valence-corrected chi connectivity index (χ2v) is 6.18. The molecule has 1 amide bonds. The molecule has 2 heterocycles. The van der Waals surface area contributed by atoms with Crippen LogP contribution in [0.3, 0.4) is 0 Å². The Balaban J connectivity index is 1.61. The summed E-state index contributed by atoms with van der Waals surface area (Å²) >= 11 is 0. The minimum Gasteiger partial charge on any atom is -0.492 e. The van der Waals surface area contributed by atoms with Gasteiger partial charge in [-0.25, -0.2) is 9.97 Å². The molecular weight excluding hydrogens is 354 g/mol. The number of anilines is 2. The summed E-state index contributed by atoms with van der Waals surface area (Å²) in [7, 11) is 1.93. The van der Waals surface area contributed by atoms with E-state index < -0.39 is 0 Å². The lowest BCUT2D eigenvalue weighted by atomic mass is 10.2. The molecule has 0 unspecified atom stereocenters. The quantitative estimate of drug-likeness (QED) is 0.649. The predicted molar refractivity (Wildman–Crippen MR) is 109 cm³/mol. The number of para-hydroxylation sites is 2. The fraction of sp³-hybridized carbons (Fsp3) is 0.238. The summed E-state index contributed by atoms with van der Waals surface area (Å²) in [5.74, 6) is 0.921. The minimum absolute atomic E-state index is 0.279. The molecular formula is C21H23N5O2. The van der Waals surface area contributed by atoms with Crippen molar-refractivity contribution in [2.24, 2.45) is 0 Å². The third-order valence-electron chi connectivity index (χ3n) is 4.16. The summed E-state index contributed by atoms with van der Waals surface area (Å²) in [5, 5.41) is 2.84. The lowest BCUT2D eigenvalue weighted by Crippen LogP contribution is -2.23. The fourth-order valence-electron chi connectivity index (χ4n) is 2.63. The summed E-state index contributed by atoms with van der Waals surface area (Å²) < 4.78 is 5.53. The highest BCUT2D eigenvalue weighted by atomic mass is 16.5. The molecule has 1 aromatic carbocycles. The van der Waals surface area contributed by atoms with E-state index in [1.54, 1.807) is 18.5 Å². The van der Waals surface area contributed by atoms with Crippen molar-refractivity contribution < 1.29 is 9.53 Å². The first-order valence-corrected chi connectivity index (χ1v) is 9.12. The number of aromatic nitrogens is 3. The average molecular weight is 377 g/mol. The van der Waals surface area contributed by atoms with Crippen molar-refractivity contribution in [2.45, 2.75) is 13.3 Å². The van der Waals surface area contributed by atoms with Gasteiger partial charge in [0.1, 0.15) is 5.75 Å². The van der Waals surface area contributed by atoms with Crippen molar-refractivity contribution >= 4 is 17.5 Å². The molecule has 144 valence electrons. The van der Waals surface area contributed by atoms with Gasteiger partial charge in [0.25, 0.3) is 5.91 Å². The molecule has 0 spiro atoms. The van der Waals surface area contributed by atoms with Gasteiger partial charge in [0.05, 0.1) is 17.9 Å². The van der Waals surface area contributed by atoms with Crippen LogP contribution in [0.15, 0.2) is 61.2 Å². The van der Waals surface area contributed by atoms with Gasteiger partial charge in [0.2, 0.25) is 5.95 Å². The summed E-state index contributed by atoms with van der Waals surface area (Å²) in [6.07, 6.45) is 7.48. The smallest absolute Gasteiger partial charge is 0.258 e. The van der Waals surface area contributed by atoms with Crippen LogP contribution in [0, 0.1) is 0 Å². The highest BCUT2D eigenvalue weighted by Gasteiger charge is 2.12. The van der Waals surface area contributed by atoms with E-state index in [-0.39, 0.29) is 5.91 Å². The van der Waals surface area contributed by atoms with Crippen molar-refractivity contribution in [1.82, 2.24) is 15.0 Å². The van der Waals surface area contributed by atoms with Gasteiger partial charge in [-0.3, -0.25) is 9.78 Å². The van der Waals surface area contributed by atoms with Crippen molar-refractivity contribution in [3.63, 3.8) is 0 Å². The van der Waals surface area contributed by atoms with Crippen molar-refractivity contribution in [1.29, 1.82) is 0 Å². The first kappa shape index (κ1) is 19.3. The monoisotopic (exact) mass is 377 g/mol. The molecule has 7 heteroatoms. The zero-order valence-electron chi connectivity index (χ0n) is 16.0. The molecule has 3 aromatic rings.